The zero-order valence-corrected chi connectivity index (χ0v) is 11.3. The number of ether oxygens (including phenoxy) is 1. The molecule has 0 fully saturated rings. The highest BCUT2D eigenvalue weighted by atomic mass is 32.2. The van der Waals surface area contributed by atoms with Gasteiger partial charge in [0.05, 0.1) is 7.11 Å². The van der Waals surface area contributed by atoms with E-state index in [1.807, 2.05) is 0 Å². The molecule has 0 unspecified atom stereocenters. The third-order valence-electron chi connectivity index (χ3n) is 2.65. The Balaban J connectivity index is 2.83. The van der Waals surface area contributed by atoms with Crippen LogP contribution in [0.1, 0.15) is 0 Å². The second-order valence-electron chi connectivity index (χ2n) is 3.89. The first-order chi connectivity index (χ1) is 9.36. The SMILES string of the molecule is CO/C(N)=N/S(=O)(=O)c1cccc2c(O)ccc(O)c12. The molecule has 2 aromatic rings. The molecule has 4 N–H and O–H groups in total. The number of nitrogens with two attached hydrogens (primary N) is 1. The predicted octanol–water partition coefficient (Wildman–Crippen LogP) is 0.901. The van der Waals surface area contributed by atoms with Crippen molar-refractivity contribution in [3.8, 4) is 11.5 Å². The van der Waals surface area contributed by atoms with Crippen LogP contribution >= 0.6 is 0 Å². The number of methoxy groups -OCH3 is 1. The maximum atomic E-state index is 12.1. The summed E-state index contributed by atoms with van der Waals surface area (Å²) in [6.45, 7) is 0. The minimum Gasteiger partial charge on any atom is -0.507 e. The molecule has 0 aliphatic heterocycles. The van der Waals surface area contributed by atoms with Crippen molar-refractivity contribution in [2.75, 3.05) is 7.11 Å². The normalized spacial score (nSPS) is 12.6. The van der Waals surface area contributed by atoms with Gasteiger partial charge in [-0.1, -0.05) is 12.1 Å². The summed E-state index contributed by atoms with van der Waals surface area (Å²) in [7, 11) is -2.99. The van der Waals surface area contributed by atoms with Gasteiger partial charge in [-0.2, -0.15) is 8.42 Å². The van der Waals surface area contributed by atoms with E-state index in [0.717, 1.165) is 0 Å². The summed E-state index contributed by atoms with van der Waals surface area (Å²) < 4.78 is 32.1. The standard InChI is InChI=1S/C12H12N2O5S/c1-19-12(13)14-20(17,18)10-4-2-3-7-8(15)5-6-9(16)11(7)10/h2-6,15-16H,1H3,(H2,13,14). The van der Waals surface area contributed by atoms with E-state index in [-0.39, 0.29) is 27.2 Å². The lowest BCUT2D eigenvalue weighted by Gasteiger charge is -2.08. The summed E-state index contributed by atoms with van der Waals surface area (Å²) in [4.78, 5) is -0.275. The van der Waals surface area contributed by atoms with Gasteiger partial charge in [0.15, 0.2) is 0 Å². The number of aromatic hydroxyl groups is 2. The first-order valence-electron chi connectivity index (χ1n) is 5.45. The van der Waals surface area contributed by atoms with Crippen molar-refractivity contribution in [3.63, 3.8) is 0 Å². The Morgan fingerprint density at radius 3 is 2.50 bits per heavy atom. The number of nitrogens with zero attached hydrogens (tertiary/aromatic N) is 1. The largest absolute Gasteiger partial charge is 0.507 e. The Kier molecular flexibility index (Phi) is 3.41. The zero-order chi connectivity index (χ0) is 14.9. The first kappa shape index (κ1) is 13.9. The summed E-state index contributed by atoms with van der Waals surface area (Å²) in [5, 5.41) is 19.7. The maximum Gasteiger partial charge on any atom is 0.297 e. The molecule has 0 saturated carbocycles. The van der Waals surface area contributed by atoms with Crippen LogP contribution in [-0.2, 0) is 14.8 Å². The molecule has 7 nitrogen and oxygen atoms in total. The fourth-order valence-corrected chi connectivity index (χ4v) is 2.89. The summed E-state index contributed by atoms with van der Waals surface area (Å²) in [5.74, 6) is -0.443. The van der Waals surface area contributed by atoms with Crippen LogP contribution in [0.2, 0.25) is 0 Å². The van der Waals surface area contributed by atoms with E-state index in [1.54, 1.807) is 0 Å². The number of benzene rings is 2. The highest BCUT2D eigenvalue weighted by molar-refractivity contribution is 7.90. The van der Waals surface area contributed by atoms with Crippen LogP contribution in [0.15, 0.2) is 39.6 Å². The molecule has 0 bridgehead atoms. The summed E-state index contributed by atoms with van der Waals surface area (Å²) >= 11 is 0. The third-order valence-corrected chi connectivity index (χ3v) is 3.97. The quantitative estimate of drug-likeness (QED) is 0.430. The van der Waals surface area contributed by atoms with Crippen LogP contribution in [0.5, 0.6) is 11.5 Å². The lowest BCUT2D eigenvalue weighted by molar-refractivity contribution is 0.397. The van der Waals surface area contributed by atoms with Crippen LogP contribution in [-0.4, -0.2) is 31.8 Å². The monoisotopic (exact) mass is 296 g/mol. The number of phenolic OH excluding ortho intramolecular Hbond substituents is 2. The molecule has 0 radical (unpaired) electrons. The zero-order valence-electron chi connectivity index (χ0n) is 10.4. The average molecular weight is 296 g/mol. The Morgan fingerprint density at radius 2 is 1.85 bits per heavy atom. The maximum absolute atomic E-state index is 12.1. The topological polar surface area (TPSA) is 122 Å². The molecule has 2 rings (SSSR count). The number of sulfonamides is 1. The fraction of sp³-hybridized carbons (Fsp3) is 0.0833. The van der Waals surface area contributed by atoms with E-state index in [4.69, 9.17) is 5.73 Å². The van der Waals surface area contributed by atoms with Gasteiger partial charge in [0.1, 0.15) is 16.4 Å². The van der Waals surface area contributed by atoms with Gasteiger partial charge in [0.25, 0.3) is 16.0 Å². The van der Waals surface area contributed by atoms with E-state index in [1.165, 1.54) is 37.4 Å². The van der Waals surface area contributed by atoms with Crippen LogP contribution in [0.4, 0.5) is 0 Å². The van der Waals surface area contributed by atoms with Gasteiger partial charge in [-0.25, -0.2) is 0 Å². The molecule has 0 aliphatic rings. The van der Waals surface area contributed by atoms with Gasteiger partial charge in [-0.3, -0.25) is 0 Å². The first-order valence-corrected chi connectivity index (χ1v) is 6.89. The van der Waals surface area contributed by atoms with E-state index in [0.29, 0.717) is 0 Å². The van der Waals surface area contributed by atoms with Crippen molar-refractivity contribution in [2.45, 2.75) is 4.90 Å². The van der Waals surface area contributed by atoms with Crippen molar-refractivity contribution in [1.82, 2.24) is 0 Å². The third kappa shape index (κ3) is 2.32. The lowest BCUT2D eigenvalue weighted by atomic mass is 10.1. The number of phenols is 2. The molecule has 106 valence electrons. The molecule has 0 aliphatic carbocycles. The van der Waals surface area contributed by atoms with Crippen LogP contribution in [0, 0.1) is 0 Å². The molecule has 0 heterocycles. The Hall–Kier alpha value is -2.48. The summed E-state index contributed by atoms with van der Waals surface area (Å²) in [6, 6.07) is 6.09. The van der Waals surface area contributed by atoms with Crippen molar-refractivity contribution in [2.24, 2.45) is 10.1 Å². The van der Waals surface area contributed by atoms with E-state index in [9.17, 15) is 18.6 Å². The highest BCUT2D eigenvalue weighted by Crippen LogP contribution is 2.36. The Labute approximate surface area is 115 Å². The van der Waals surface area contributed by atoms with E-state index < -0.39 is 16.0 Å². The molecule has 20 heavy (non-hydrogen) atoms. The highest BCUT2D eigenvalue weighted by Gasteiger charge is 2.20. The molecule has 0 saturated heterocycles. The molecule has 0 atom stereocenters. The van der Waals surface area contributed by atoms with E-state index in [2.05, 4.69) is 9.13 Å². The van der Waals surface area contributed by atoms with Gasteiger partial charge in [0, 0.05) is 10.8 Å². The van der Waals surface area contributed by atoms with Crippen LogP contribution < -0.4 is 5.73 Å². The minimum atomic E-state index is -4.17. The second-order valence-corrected chi connectivity index (χ2v) is 5.46. The fourth-order valence-electron chi connectivity index (χ4n) is 1.76. The van der Waals surface area contributed by atoms with Crippen molar-refractivity contribution in [1.29, 1.82) is 0 Å². The molecule has 2 aromatic carbocycles. The number of rotatable bonds is 2. The lowest BCUT2D eigenvalue weighted by Crippen LogP contribution is -2.16. The number of amidine groups is 1. The van der Waals surface area contributed by atoms with Crippen LogP contribution in [0.25, 0.3) is 10.8 Å². The summed E-state index contributed by atoms with van der Waals surface area (Å²) in [6.07, 6.45) is 0. The average Bonchev–Trinajstić information content (AvgIpc) is 2.42. The van der Waals surface area contributed by atoms with Crippen molar-refractivity contribution < 1.29 is 23.4 Å². The number of hydrogen-bond donors (Lipinski definition) is 3. The molecule has 0 aromatic heterocycles. The minimum absolute atomic E-state index is 0.0276. The second kappa shape index (κ2) is 4.89. The van der Waals surface area contributed by atoms with Crippen molar-refractivity contribution >= 4 is 26.8 Å². The number of fused-ring (bicyclic) bond motifs is 1. The Bertz CT molecular complexity index is 799. The summed E-state index contributed by atoms with van der Waals surface area (Å²) in [5.41, 5.74) is 5.25. The van der Waals surface area contributed by atoms with Gasteiger partial charge in [0.2, 0.25) is 0 Å². The van der Waals surface area contributed by atoms with E-state index >= 15 is 0 Å². The molecular formula is C12H12N2O5S. The van der Waals surface area contributed by atoms with Crippen LogP contribution in [0.3, 0.4) is 0 Å². The smallest absolute Gasteiger partial charge is 0.297 e. The number of hydrogen-bond acceptors (Lipinski definition) is 5. The molecular weight excluding hydrogens is 284 g/mol. The van der Waals surface area contributed by atoms with Crippen molar-refractivity contribution in [3.05, 3.63) is 30.3 Å². The molecule has 0 amide bonds. The predicted molar refractivity (Wildman–Crippen MR) is 73.1 cm³/mol. The van der Waals surface area contributed by atoms with Gasteiger partial charge < -0.3 is 20.7 Å². The Morgan fingerprint density at radius 1 is 1.20 bits per heavy atom. The molecule has 8 heteroatoms. The van der Waals surface area contributed by atoms with Gasteiger partial charge >= 0.3 is 0 Å². The molecule has 0 spiro atoms. The van der Waals surface area contributed by atoms with Gasteiger partial charge in [-0.15, -0.1) is 4.40 Å². The van der Waals surface area contributed by atoms with Gasteiger partial charge in [-0.05, 0) is 18.2 Å².